The monoisotopic (exact) mass is 288 g/mol. The maximum Gasteiger partial charge on any atom is 0.318 e. The quantitative estimate of drug-likeness (QED) is 0.866. The molecule has 2 aliphatic rings. The van der Waals surface area contributed by atoms with Crippen molar-refractivity contribution in [3.63, 3.8) is 0 Å². The summed E-state index contributed by atoms with van der Waals surface area (Å²) in [6, 6.07) is 9.28. The van der Waals surface area contributed by atoms with Crippen LogP contribution in [0.25, 0.3) is 0 Å². The minimum absolute atomic E-state index is 0.0843. The predicted molar refractivity (Wildman–Crippen MR) is 77.5 cm³/mol. The number of carbonyl (C=O) groups excluding carboxylic acids is 2. The Kier molecular flexibility index (Phi) is 3.57. The molecule has 0 bridgehead atoms. The number of nitrogens with zero attached hydrogens (tertiary/aromatic N) is 1. The number of esters is 1. The first kappa shape index (κ1) is 13.9. The van der Waals surface area contributed by atoms with Crippen LogP contribution in [0.5, 0.6) is 0 Å². The Balaban J connectivity index is 1.94. The highest BCUT2D eigenvalue weighted by Gasteiger charge is 2.49. The molecular weight excluding hydrogens is 268 g/mol. The fourth-order valence-electron chi connectivity index (χ4n) is 3.21. The molecule has 5 heteroatoms. The summed E-state index contributed by atoms with van der Waals surface area (Å²) in [5.74, 6) is -0.669. The molecule has 2 amide bonds. The van der Waals surface area contributed by atoms with Crippen LogP contribution in [-0.2, 0) is 9.53 Å². The molecular formula is C16H20N2O3. The van der Waals surface area contributed by atoms with Gasteiger partial charge in [0.1, 0.15) is 5.92 Å². The summed E-state index contributed by atoms with van der Waals surface area (Å²) in [5, 5.41) is 2.99. The van der Waals surface area contributed by atoms with Crippen molar-refractivity contribution in [3.8, 4) is 0 Å². The van der Waals surface area contributed by atoms with Gasteiger partial charge in [-0.25, -0.2) is 4.79 Å². The van der Waals surface area contributed by atoms with Gasteiger partial charge in [-0.05, 0) is 25.3 Å². The lowest BCUT2D eigenvalue weighted by atomic mass is 9.85. The number of ether oxygens (including phenoxy) is 1. The van der Waals surface area contributed by atoms with Gasteiger partial charge in [0.2, 0.25) is 0 Å². The van der Waals surface area contributed by atoms with E-state index in [-0.39, 0.29) is 30.1 Å². The Morgan fingerprint density at radius 1 is 1.29 bits per heavy atom. The van der Waals surface area contributed by atoms with Crippen LogP contribution < -0.4 is 5.32 Å². The predicted octanol–water partition coefficient (Wildman–Crippen LogP) is 2.09. The van der Waals surface area contributed by atoms with E-state index in [1.54, 1.807) is 4.90 Å². The standard InChI is InChI=1S/C16H20N2O3/c1-10-13(15(19)21-2)14(11-6-4-3-5-7-11)17-16(20)18(10)12-8-9-12/h3-7,10,12-14H,8-9H2,1-2H3,(H,17,20)/t10-,13+,14-/m1/s1. The second-order valence-electron chi connectivity index (χ2n) is 5.77. The van der Waals surface area contributed by atoms with Crippen molar-refractivity contribution in [2.75, 3.05) is 7.11 Å². The molecule has 1 aliphatic heterocycles. The lowest BCUT2D eigenvalue weighted by molar-refractivity contribution is -0.149. The van der Waals surface area contributed by atoms with Crippen LogP contribution in [0.1, 0.15) is 31.4 Å². The van der Waals surface area contributed by atoms with E-state index < -0.39 is 5.92 Å². The van der Waals surface area contributed by atoms with Crippen molar-refractivity contribution in [2.24, 2.45) is 5.92 Å². The van der Waals surface area contributed by atoms with E-state index in [4.69, 9.17) is 4.74 Å². The van der Waals surface area contributed by atoms with Gasteiger partial charge in [-0.3, -0.25) is 4.79 Å². The zero-order chi connectivity index (χ0) is 15.0. The van der Waals surface area contributed by atoms with Crippen molar-refractivity contribution in [2.45, 2.75) is 37.9 Å². The Bertz CT molecular complexity index is 542. The lowest BCUT2D eigenvalue weighted by Gasteiger charge is -2.43. The van der Waals surface area contributed by atoms with E-state index >= 15 is 0 Å². The number of carbonyl (C=O) groups is 2. The van der Waals surface area contributed by atoms with Crippen LogP contribution in [-0.4, -0.2) is 36.1 Å². The number of nitrogens with one attached hydrogen (secondary N) is 1. The van der Waals surface area contributed by atoms with Crippen molar-refractivity contribution in [1.29, 1.82) is 0 Å². The molecule has 1 aromatic rings. The number of hydrogen-bond acceptors (Lipinski definition) is 3. The van der Waals surface area contributed by atoms with E-state index in [9.17, 15) is 9.59 Å². The number of hydrogen-bond donors (Lipinski definition) is 1. The Morgan fingerprint density at radius 3 is 2.52 bits per heavy atom. The van der Waals surface area contributed by atoms with E-state index in [0.29, 0.717) is 0 Å². The fourth-order valence-corrected chi connectivity index (χ4v) is 3.21. The van der Waals surface area contributed by atoms with E-state index in [1.165, 1.54) is 7.11 Å². The van der Waals surface area contributed by atoms with Gasteiger partial charge in [0, 0.05) is 12.1 Å². The van der Waals surface area contributed by atoms with E-state index in [2.05, 4.69) is 5.32 Å². The minimum atomic E-state index is -0.393. The molecule has 1 saturated carbocycles. The van der Waals surface area contributed by atoms with Gasteiger partial charge < -0.3 is 15.0 Å². The van der Waals surface area contributed by atoms with Crippen LogP contribution in [0.2, 0.25) is 0 Å². The summed E-state index contributed by atoms with van der Waals surface area (Å²) in [7, 11) is 1.40. The smallest absolute Gasteiger partial charge is 0.318 e. The maximum absolute atomic E-state index is 12.4. The third-order valence-corrected chi connectivity index (χ3v) is 4.40. The maximum atomic E-state index is 12.4. The third kappa shape index (κ3) is 2.48. The van der Waals surface area contributed by atoms with Gasteiger partial charge in [-0.1, -0.05) is 30.3 Å². The van der Waals surface area contributed by atoms with Gasteiger partial charge >= 0.3 is 12.0 Å². The lowest BCUT2D eigenvalue weighted by Crippen LogP contribution is -2.60. The first-order chi connectivity index (χ1) is 10.1. The van der Waals surface area contributed by atoms with Gasteiger partial charge in [-0.15, -0.1) is 0 Å². The van der Waals surface area contributed by atoms with E-state index in [0.717, 1.165) is 18.4 Å². The summed E-state index contributed by atoms with van der Waals surface area (Å²) < 4.78 is 4.98. The normalized spacial score (nSPS) is 29.0. The molecule has 3 rings (SSSR count). The van der Waals surface area contributed by atoms with Gasteiger partial charge in [0.25, 0.3) is 0 Å². The largest absolute Gasteiger partial charge is 0.469 e. The van der Waals surface area contributed by atoms with Crippen LogP contribution >= 0.6 is 0 Å². The average Bonchev–Trinajstić information content (AvgIpc) is 3.31. The zero-order valence-electron chi connectivity index (χ0n) is 12.3. The highest BCUT2D eigenvalue weighted by atomic mass is 16.5. The molecule has 1 N–H and O–H groups in total. The van der Waals surface area contributed by atoms with Gasteiger partial charge in [0.05, 0.1) is 13.2 Å². The number of benzene rings is 1. The molecule has 3 atom stereocenters. The SMILES string of the molecule is COC(=O)[C@@H]1[C@@H](c2ccccc2)NC(=O)N(C2CC2)[C@@H]1C. The van der Waals surface area contributed by atoms with Crippen LogP contribution in [0.3, 0.4) is 0 Å². The Hall–Kier alpha value is -2.04. The molecule has 1 aromatic carbocycles. The molecule has 5 nitrogen and oxygen atoms in total. The number of rotatable bonds is 3. The van der Waals surface area contributed by atoms with Crippen molar-refractivity contribution >= 4 is 12.0 Å². The number of methoxy groups -OCH3 is 1. The molecule has 1 saturated heterocycles. The van der Waals surface area contributed by atoms with Crippen molar-refractivity contribution in [3.05, 3.63) is 35.9 Å². The molecule has 2 fully saturated rings. The summed E-state index contributed by atoms with van der Waals surface area (Å²) in [4.78, 5) is 26.5. The Morgan fingerprint density at radius 2 is 1.95 bits per heavy atom. The van der Waals surface area contributed by atoms with Gasteiger partial charge in [-0.2, -0.15) is 0 Å². The molecule has 21 heavy (non-hydrogen) atoms. The summed E-state index contributed by atoms with van der Waals surface area (Å²) in [6.45, 7) is 1.94. The first-order valence-corrected chi connectivity index (χ1v) is 7.35. The zero-order valence-corrected chi connectivity index (χ0v) is 12.3. The van der Waals surface area contributed by atoms with Gasteiger partial charge in [0.15, 0.2) is 0 Å². The Labute approximate surface area is 124 Å². The van der Waals surface area contributed by atoms with Crippen molar-refractivity contribution in [1.82, 2.24) is 10.2 Å². The fraction of sp³-hybridized carbons (Fsp3) is 0.500. The summed E-state index contributed by atoms with van der Waals surface area (Å²) in [6.07, 6.45) is 2.03. The van der Waals surface area contributed by atoms with Crippen LogP contribution in [0, 0.1) is 5.92 Å². The topological polar surface area (TPSA) is 58.6 Å². The molecule has 0 radical (unpaired) electrons. The average molecular weight is 288 g/mol. The summed E-state index contributed by atoms with van der Waals surface area (Å²) >= 11 is 0. The highest BCUT2D eigenvalue weighted by Crippen LogP contribution is 2.38. The van der Waals surface area contributed by atoms with Crippen molar-refractivity contribution < 1.29 is 14.3 Å². The second-order valence-corrected chi connectivity index (χ2v) is 5.77. The summed E-state index contributed by atoms with van der Waals surface area (Å²) in [5.41, 5.74) is 0.934. The molecule has 0 aromatic heterocycles. The molecule has 0 unspecified atom stereocenters. The molecule has 1 heterocycles. The minimum Gasteiger partial charge on any atom is -0.469 e. The molecule has 1 aliphatic carbocycles. The highest BCUT2D eigenvalue weighted by molar-refractivity contribution is 5.82. The third-order valence-electron chi connectivity index (χ3n) is 4.40. The van der Waals surface area contributed by atoms with Crippen LogP contribution in [0.15, 0.2) is 30.3 Å². The molecule has 112 valence electrons. The number of urea groups is 1. The molecule has 0 spiro atoms. The second kappa shape index (κ2) is 5.39. The number of amides is 2. The first-order valence-electron chi connectivity index (χ1n) is 7.35. The van der Waals surface area contributed by atoms with Crippen LogP contribution in [0.4, 0.5) is 4.79 Å². The van der Waals surface area contributed by atoms with E-state index in [1.807, 2.05) is 37.3 Å².